The van der Waals surface area contributed by atoms with E-state index >= 15 is 0 Å². The van der Waals surface area contributed by atoms with E-state index in [1.807, 2.05) is 4.90 Å². The second-order valence-corrected chi connectivity index (χ2v) is 4.85. The zero-order chi connectivity index (χ0) is 12.1. The smallest absolute Gasteiger partial charge is 0.224 e. The number of halogens is 1. The van der Waals surface area contributed by atoms with Gasteiger partial charge in [-0.25, -0.2) is 0 Å². The lowest BCUT2D eigenvalue weighted by molar-refractivity contribution is -0.131. The van der Waals surface area contributed by atoms with E-state index in [9.17, 15) is 4.79 Å². The molecule has 1 amide bonds. The van der Waals surface area contributed by atoms with Crippen LogP contribution in [0.25, 0.3) is 0 Å². The van der Waals surface area contributed by atoms with Crippen molar-refractivity contribution in [3.8, 4) is 0 Å². The summed E-state index contributed by atoms with van der Waals surface area (Å²) in [4.78, 5) is 13.6. The predicted octanol–water partition coefficient (Wildman–Crippen LogP) is 0.553. The minimum atomic E-state index is 0. The summed E-state index contributed by atoms with van der Waals surface area (Å²) in [6.45, 7) is 3.45. The van der Waals surface area contributed by atoms with E-state index in [4.69, 9.17) is 15.2 Å². The van der Waals surface area contributed by atoms with Crippen molar-refractivity contribution in [1.82, 2.24) is 4.90 Å². The van der Waals surface area contributed by atoms with Crippen LogP contribution in [0.15, 0.2) is 0 Å². The minimum absolute atomic E-state index is 0. The molecule has 2 aliphatic heterocycles. The van der Waals surface area contributed by atoms with Gasteiger partial charge in [0, 0.05) is 25.7 Å². The van der Waals surface area contributed by atoms with Gasteiger partial charge in [0.25, 0.3) is 0 Å². The van der Waals surface area contributed by atoms with Crippen molar-refractivity contribution in [2.75, 3.05) is 32.9 Å². The lowest BCUT2D eigenvalue weighted by Crippen LogP contribution is -2.32. The summed E-state index contributed by atoms with van der Waals surface area (Å²) < 4.78 is 10.9. The molecule has 6 heteroatoms. The maximum Gasteiger partial charge on any atom is 0.224 e. The van der Waals surface area contributed by atoms with E-state index < -0.39 is 0 Å². The van der Waals surface area contributed by atoms with E-state index in [-0.39, 0.29) is 30.5 Å². The van der Waals surface area contributed by atoms with Crippen LogP contribution < -0.4 is 5.73 Å². The molecule has 2 atom stereocenters. The number of nitrogens with zero attached hydrogens (tertiary/aromatic N) is 1. The maximum absolute atomic E-state index is 11.7. The van der Waals surface area contributed by atoms with Crippen LogP contribution in [0.3, 0.4) is 0 Å². The molecule has 18 heavy (non-hydrogen) atoms. The molecule has 2 N–H and O–H groups in total. The molecule has 5 nitrogen and oxygen atoms in total. The maximum atomic E-state index is 11.7. The molecule has 0 aromatic carbocycles. The van der Waals surface area contributed by atoms with E-state index in [1.54, 1.807) is 0 Å². The molecule has 2 aliphatic rings. The molecule has 106 valence electrons. The number of carbonyl (C=O) groups is 1. The highest BCUT2D eigenvalue weighted by molar-refractivity contribution is 5.85. The van der Waals surface area contributed by atoms with Crippen LogP contribution in [0, 0.1) is 0 Å². The summed E-state index contributed by atoms with van der Waals surface area (Å²) >= 11 is 0. The molecule has 0 aromatic rings. The first-order chi connectivity index (χ1) is 8.25. The molecule has 1 unspecified atom stereocenters. The molecule has 0 aliphatic carbocycles. The molecule has 0 saturated carbocycles. The highest BCUT2D eigenvalue weighted by atomic mass is 35.5. The number of nitrogens with two attached hydrogens (primary N) is 1. The molecular formula is C12H23ClN2O3. The third-order valence-electron chi connectivity index (χ3n) is 3.37. The average molecular weight is 279 g/mol. The SMILES string of the molecule is Cl.N[C@@H]1CCN(C(=O)CCOCC2CCCO2)C1. The van der Waals surface area contributed by atoms with Gasteiger partial charge in [0.2, 0.25) is 5.91 Å². The number of amides is 1. The first-order valence-electron chi connectivity index (χ1n) is 6.48. The highest BCUT2D eigenvalue weighted by Gasteiger charge is 2.23. The third-order valence-corrected chi connectivity index (χ3v) is 3.37. The molecule has 2 fully saturated rings. The van der Waals surface area contributed by atoms with Gasteiger partial charge in [-0.05, 0) is 19.3 Å². The largest absolute Gasteiger partial charge is 0.378 e. The summed E-state index contributed by atoms with van der Waals surface area (Å²) in [6.07, 6.45) is 3.82. The fourth-order valence-corrected chi connectivity index (χ4v) is 2.32. The second-order valence-electron chi connectivity index (χ2n) is 4.85. The van der Waals surface area contributed by atoms with E-state index in [1.165, 1.54) is 0 Å². The van der Waals surface area contributed by atoms with Crippen molar-refractivity contribution in [1.29, 1.82) is 0 Å². The fourth-order valence-electron chi connectivity index (χ4n) is 2.32. The third kappa shape index (κ3) is 4.72. The van der Waals surface area contributed by atoms with Crippen LogP contribution in [0.1, 0.15) is 25.7 Å². The molecule has 0 radical (unpaired) electrons. The van der Waals surface area contributed by atoms with Crippen LogP contribution in [0.2, 0.25) is 0 Å². The zero-order valence-corrected chi connectivity index (χ0v) is 11.5. The van der Waals surface area contributed by atoms with Crippen molar-refractivity contribution in [3.05, 3.63) is 0 Å². The van der Waals surface area contributed by atoms with E-state index in [0.717, 1.165) is 32.4 Å². The topological polar surface area (TPSA) is 64.8 Å². The van der Waals surface area contributed by atoms with Crippen LogP contribution in [0.5, 0.6) is 0 Å². The van der Waals surface area contributed by atoms with Crippen molar-refractivity contribution >= 4 is 18.3 Å². The highest BCUT2D eigenvalue weighted by Crippen LogP contribution is 2.12. The lowest BCUT2D eigenvalue weighted by atomic mass is 10.2. The van der Waals surface area contributed by atoms with Crippen LogP contribution in [0.4, 0.5) is 0 Å². The number of carbonyl (C=O) groups excluding carboxylic acids is 1. The van der Waals surface area contributed by atoms with Crippen LogP contribution in [-0.2, 0) is 14.3 Å². The normalized spacial score (nSPS) is 27.3. The summed E-state index contributed by atoms with van der Waals surface area (Å²) in [6, 6.07) is 0.159. The summed E-state index contributed by atoms with van der Waals surface area (Å²) in [5.74, 6) is 0.158. The number of hydrogen-bond acceptors (Lipinski definition) is 4. The van der Waals surface area contributed by atoms with Gasteiger partial charge in [-0.3, -0.25) is 4.79 Å². The van der Waals surface area contributed by atoms with Gasteiger partial charge in [-0.1, -0.05) is 0 Å². The van der Waals surface area contributed by atoms with Gasteiger partial charge in [0.05, 0.1) is 25.7 Å². The van der Waals surface area contributed by atoms with Gasteiger partial charge in [0.15, 0.2) is 0 Å². The Balaban J connectivity index is 0.00000162. The second kappa shape index (κ2) is 7.94. The molecule has 0 bridgehead atoms. The zero-order valence-electron chi connectivity index (χ0n) is 10.7. The summed E-state index contributed by atoms with van der Waals surface area (Å²) in [5.41, 5.74) is 5.76. The monoisotopic (exact) mass is 278 g/mol. The molecule has 2 heterocycles. The molecule has 2 rings (SSSR count). The Morgan fingerprint density at radius 2 is 2.28 bits per heavy atom. The number of rotatable bonds is 5. The lowest BCUT2D eigenvalue weighted by Gasteiger charge is -2.16. The Morgan fingerprint density at radius 1 is 1.44 bits per heavy atom. The number of hydrogen-bond donors (Lipinski definition) is 1. The Kier molecular flexibility index (Phi) is 6.92. The quantitative estimate of drug-likeness (QED) is 0.746. The number of likely N-dealkylation sites (tertiary alicyclic amines) is 1. The van der Waals surface area contributed by atoms with Gasteiger partial charge in [-0.15, -0.1) is 12.4 Å². The Bertz CT molecular complexity index is 260. The molecule has 0 spiro atoms. The Hall–Kier alpha value is -0.360. The van der Waals surface area contributed by atoms with Crippen LogP contribution in [-0.4, -0.2) is 55.9 Å². The standard InChI is InChI=1S/C12H22N2O3.ClH/c13-10-3-5-14(8-10)12(15)4-7-16-9-11-2-1-6-17-11;/h10-11H,1-9,13H2;1H/t10-,11?;/m1./s1. The van der Waals surface area contributed by atoms with Crippen molar-refractivity contribution < 1.29 is 14.3 Å². The van der Waals surface area contributed by atoms with Crippen molar-refractivity contribution in [3.63, 3.8) is 0 Å². The minimum Gasteiger partial charge on any atom is -0.378 e. The van der Waals surface area contributed by atoms with Gasteiger partial charge in [-0.2, -0.15) is 0 Å². The van der Waals surface area contributed by atoms with Crippen molar-refractivity contribution in [2.45, 2.75) is 37.8 Å². The Labute approximate surface area is 114 Å². The van der Waals surface area contributed by atoms with Crippen LogP contribution >= 0.6 is 12.4 Å². The summed E-state index contributed by atoms with van der Waals surface area (Å²) in [7, 11) is 0. The van der Waals surface area contributed by atoms with Gasteiger partial charge < -0.3 is 20.1 Å². The average Bonchev–Trinajstić information content (AvgIpc) is 2.95. The number of ether oxygens (including phenoxy) is 2. The predicted molar refractivity (Wildman–Crippen MR) is 70.8 cm³/mol. The molecule has 2 saturated heterocycles. The van der Waals surface area contributed by atoms with Crippen molar-refractivity contribution in [2.24, 2.45) is 5.73 Å². The van der Waals surface area contributed by atoms with E-state index in [0.29, 0.717) is 26.2 Å². The fraction of sp³-hybridized carbons (Fsp3) is 0.917. The first-order valence-corrected chi connectivity index (χ1v) is 6.48. The molecule has 0 aromatic heterocycles. The van der Waals surface area contributed by atoms with Gasteiger partial charge in [0.1, 0.15) is 0 Å². The summed E-state index contributed by atoms with van der Waals surface area (Å²) in [5, 5.41) is 0. The Morgan fingerprint density at radius 3 is 2.89 bits per heavy atom. The van der Waals surface area contributed by atoms with Gasteiger partial charge >= 0.3 is 0 Å². The van der Waals surface area contributed by atoms with E-state index in [2.05, 4.69) is 0 Å². The first kappa shape index (κ1) is 15.7. The molecular weight excluding hydrogens is 256 g/mol.